The number of nitrogens with one attached hydrogen (secondary N) is 1. The van der Waals surface area contributed by atoms with Crippen LogP contribution in [-0.2, 0) is 17.4 Å². The van der Waals surface area contributed by atoms with Gasteiger partial charge in [-0.05, 0) is 42.7 Å². The third-order valence-electron chi connectivity index (χ3n) is 5.74. The average Bonchev–Trinajstić information content (AvgIpc) is 3.08. The van der Waals surface area contributed by atoms with Gasteiger partial charge in [-0.3, -0.25) is 9.36 Å². The number of rotatable bonds is 4. The van der Waals surface area contributed by atoms with Crippen LogP contribution in [0.5, 0.6) is 5.75 Å². The standard InChI is InChI=1S/C22H22F3N3O3/c1-31-17-6-7-18-19(13-17)28(21(30)26-18)16-8-10-27(11-9-16)20(29)12-14-2-4-15(5-3-14)22(23,24)25/h2-7,13,16H,8-12H2,1H3,(H,26,30). The summed E-state index contributed by atoms with van der Waals surface area (Å²) in [4.78, 5) is 29.7. The van der Waals surface area contributed by atoms with E-state index in [1.807, 2.05) is 6.07 Å². The van der Waals surface area contributed by atoms with Gasteiger partial charge >= 0.3 is 11.9 Å². The van der Waals surface area contributed by atoms with Crippen LogP contribution in [0.15, 0.2) is 47.3 Å². The van der Waals surface area contributed by atoms with E-state index in [0.717, 1.165) is 23.2 Å². The van der Waals surface area contributed by atoms with E-state index >= 15 is 0 Å². The summed E-state index contributed by atoms with van der Waals surface area (Å²) >= 11 is 0. The Morgan fingerprint density at radius 1 is 1.13 bits per heavy atom. The Labute approximate surface area is 176 Å². The monoisotopic (exact) mass is 433 g/mol. The lowest BCUT2D eigenvalue weighted by Gasteiger charge is -2.32. The molecule has 6 nitrogen and oxygen atoms in total. The van der Waals surface area contributed by atoms with Gasteiger partial charge in [-0.25, -0.2) is 4.79 Å². The van der Waals surface area contributed by atoms with Gasteiger partial charge in [-0.2, -0.15) is 13.2 Å². The molecule has 0 unspecified atom stereocenters. The molecule has 0 saturated carbocycles. The molecule has 0 radical (unpaired) electrons. The predicted molar refractivity (Wildman–Crippen MR) is 109 cm³/mol. The van der Waals surface area contributed by atoms with Crippen LogP contribution in [0.4, 0.5) is 13.2 Å². The SMILES string of the molecule is COc1ccc2[nH]c(=O)n(C3CCN(C(=O)Cc4ccc(C(F)(F)F)cc4)CC3)c2c1. The zero-order valence-corrected chi connectivity index (χ0v) is 16.9. The maximum atomic E-state index is 12.7. The number of imidazole rings is 1. The summed E-state index contributed by atoms with van der Waals surface area (Å²) < 4.78 is 45.0. The molecule has 1 fully saturated rings. The van der Waals surface area contributed by atoms with Crippen LogP contribution in [0, 0.1) is 0 Å². The third kappa shape index (κ3) is 4.30. The zero-order chi connectivity index (χ0) is 22.2. The van der Waals surface area contributed by atoms with Crippen LogP contribution in [0.1, 0.15) is 30.0 Å². The molecule has 0 spiro atoms. The molecule has 164 valence electrons. The number of likely N-dealkylation sites (tertiary alicyclic amines) is 1. The average molecular weight is 433 g/mol. The number of fused-ring (bicyclic) bond motifs is 1. The number of hydrogen-bond acceptors (Lipinski definition) is 3. The first kappa shape index (κ1) is 21.0. The number of ether oxygens (including phenoxy) is 1. The van der Waals surface area contributed by atoms with Gasteiger partial charge in [-0.15, -0.1) is 0 Å². The smallest absolute Gasteiger partial charge is 0.416 e. The number of aromatic nitrogens is 2. The lowest BCUT2D eigenvalue weighted by molar-refractivity contribution is -0.137. The quantitative estimate of drug-likeness (QED) is 0.681. The first-order chi connectivity index (χ1) is 14.8. The number of hydrogen-bond donors (Lipinski definition) is 1. The highest BCUT2D eigenvalue weighted by Crippen LogP contribution is 2.30. The fraction of sp³-hybridized carbons (Fsp3) is 0.364. The van der Waals surface area contributed by atoms with Crippen molar-refractivity contribution < 1.29 is 22.7 Å². The van der Waals surface area contributed by atoms with E-state index in [2.05, 4.69) is 4.98 Å². The Morgan fingerprint density at radius 2 is 1.81 bits per heavy atom. The molecule has 1 saturated heterocycles. The van der Waals surface area contributed by atoms with Crippen molar-refractivity contribution in [3.63, 3.8) is 0 Å². The molecule has 1 amide bonds. The highest BCUT2D eigenvalue weighted by Gasteiger charge is 2.30. The summed E-state index contributed by atoms with van der Waals surface area (Å²) in [5.74, 6) is 0.524. The molecule has 9 heteroatoms. The van der Waals surface area contributed by atoms with E-state index in [-0.39, 0.29) is 24.1 Å². The number of amides is 1. The molecule has 31 heavy (non-hydrogen) atoms. The third-order valence-corrected chi connectivity index (χ3v) is 5.74. The van der Waals surface area contributed by atoms with Crippen LogP contribution >= 0.6 is 0 Å². The van der Waals surface area contributed by atoms with Crippen molar-refractivity contribution in [3.8, 4) is 5.75 Å². The van der Waals surface area contributed by atoms with Crippen molar-refractivity contribution in [3.05, 3.63) is 64.1 Å². The molecular formula is C22H22F3N3O3. The number of carbonyl (C=O) groups is 1. The van der Waals surface area contributed by atoms with Crippen LogP contribution in [0.25, 0.3) is 11.0 Å². The van der Waals surface area contributed by atoms with Crippen molar-refractivity contribution in [1.82, 2.24) is 14.5 Å². The number of alkyl halides is 3. The van der Waals surface area contributed by atoms with E-state index < -0.39 is 11.7 Å². The van der Waals surface area contributed by atoms with Gasteiger partial charge in [0, 0.05) is 25.2 Å². The van der Waals surface area contributed by atoms with E-state index in [1.54, 1.807) is 28.7 Å². The van der Waals surface area contributed by atoms with Crippen LogP contribution in [0.2, 0.25) is 0 Å². The molecule has 2 aromatic carbocycles. The van der Waals surface area contributed by atoms with Crippen LogP contribution in [0.3, 0.4) is 0 Å². The van der Waals surface area contributed by atoms with Gasteiger partial charge in [0.1, 0.15) is 5.75 Å². The number of piperidine rings is 1. The van der Waals surface area contributed by atoms with Crippen molar-refractivity contribution in [2.75, 3.05) is 20.2 Å². The first-order valence-corrected chi connectivity index (χ1v) is 9.98. The molecule has 2 heterocycles. The minimum atomic E-state index is -4.39. The second-order valence-electron chi connectivity index (χ2n) is 7.67. The van der Waals surface area contributed by atoms with Crippen molar-refractivity contribution in [2.45, 2.75) is 31.5 Å². The van der Waals surface area contributed by atoms with Gasteiger partial charge < -0.3 is 14.6 Å². The number of H-pyrrole nitrogens is 1. The number of methoxy groups -OCH3 is 1. The molecule has 1 aromatic heterocycles. The van der Waals surface area contributed by atoms with E-state index in [1.165, 1.54) is 12.1 Å². The summed E-state index contributed by atoms with van der Waals surface area (Å²) in [6, 6.07) is 10.0. The molecule has 3 aromatic rings. The number of benzene rings is 2. The zero-order valence-electron chi connectivity index (χ0n) is 16.9. The van der Waals surface area contributed by atoms with E-state index in [9.17, 15) is 22.8 Å². The van der Waals surface area contributed by atoms with Crippen molar-refractivity contribution in [2.24, 2.45) is 0 Å². The molecule has 4 rings (SSSR count). The van der Waals surface area contributed by atoms with Gasteiger partial charge in [0.25, 0.3) is 0 Å². The minimum Gasteiger partial charge on any atom is -0.497 e. The second kappa shape index (κ2) is 8.13. The number of carbonyl (C=O) groups excluding carboxylic acids is 1. The van der Waals surface area contributed by atoms with Gasteiger partial charge in [0.2, 0.25) is 5.91 Å². The summed E-state index contributed by atoms with van der Waals surface area (Å²) in [7, 11) is 1.57. The van der Waals surface area contributed by atoms with Gasteiger partial charge in [-0.1, -0.05) is 12.1 Å². The van der Waals surface area contributed by atoms with Crippen LogP contribution < -0.4 is 10.4 Å². The van der Waals surface area contributed by atoms with Crippen molar-refractivity contribution >= 4 is 16.9 Å². The van der Waals surface area contributed by atoms with Gasteiger partial charge in [0.05, 0.1) is 30.1 Å². The predicted octanol–water partition coefficient (Wildman–Crippen LogP) is 3.76. The minimum absolute atomic E-state index is 0.0486. The molecule has 0 bridgehead atoms. The molecule has 1 aliphatic rings. The first-order valence-electron chi connectivity index (χ1n) is 9.98. The Hall–Kier alpha value is -3.23. The molecular weight excluding hydrogens is 411 g/mol. The summed E-state index contributed by atoms with van der Waals surface area (Å²) in [6.45, 7) is 0.959. The molecule has 0 aliphatic carbocycles. The number of halogens is 3. The summed E-state index contributed by atoms with van der Waals surface area (Å²) in [5.41, 5.74) is 1.11. The molecule has 0 atom stereocenters. The highest BCUT2D eigenvalue weighted by atomic mass is 19.4. The Morgan fingerprint density at radius 3 is 2.42 bits per heavy atom. The van der Waals surface area contributed by atoms with E-state index in [0.29, 0.717) is 37.2 Å². The Kier molecular flexibility index (Phi) is 5.51. The largest absolute Gasteiger partial charge is 0.497 e. The maximum absolute atomic E-state index is 12.7. The topological polar surface area (TPSA) is 67.3 Å². The Bertz CT molecular complexity index is 1140. The van der Waals surface area contributed by atoms with Gasteiger partial charge in [0.15, 0.2) is 0 Å². The fourth-order valence-electron chi connectivity index (χ4n) is 4.06. The van der Waals surface area contributed by atoms with E-state index in [4.69, 9.17) is 4.74 Å². The summed E-state index contributed by atoms with van der Waals surface area (Å²) in [5, 5.41) is 0. The van der Waals surface area contributed by atoms with Crippen LogP contribution in [-0.4, -0.2) is 40.6 Å². The van der Waals surface area contributed by atoms with Crippen molar-refractivity contribution in [1.29, 1.82) is 0 Å². The number of nitrogens with zero attached hydrogens (tertiary/aromatic N) is 2. The second-order valence-corrected chi connectivity index (χ2v) is 7.67. The summed E-state index contributed by atoms with van der Waals surface area (Å²) in [6.07, 6.45) is -3.12. The maximum Gasteiger partial charge on any atom is 0.416 e. The lowest BCUT2D eigenvalue weighted by atomic mass is 10.0. The normalized spacial score (nSPS) is 15.4. The molecule has 1 N–H and O–H groups in total. The fourth-order valence-corrected chi connectivity index (χ4v) is 4.06. The lowest BCUT2D eigenvalue weighted by Crippen LogP contribution is -2.41. The molecule has 1 aliphatic heterocycles. The Balaban J connectivity index is 1.42. The highest BCUT2D eigenvalue weighted by molar-refractivity contribution is 5.79. The number of aromatic amines is 1.